The summed E-state index contributed by atoms with van der Waals surface area (Å²) in [5.41, 5.74) is 11.2. The molecule has 39 heavy (non-hydrogen) atoms. The first-order chi connectivity index (χ1) is 18.9. The Morgan fingerprint density at radius 3 is 2.56 bits per heavy atom. The fraction of sp³-hybridized carbons (Fsp3) is 0.419. The maximum Gasteiger partial charge on any atom is 0.341 e. The molecule has 3 atom stereocenters. The van der Waals surface area contributed by atoms with E-state index in [1.54, 1.807) is 19.4 Å². The topological polar surface area (TPSA) is 109 Å². The molecule has 0 amide bonds. The quantitative estimate of drug-likeness (QED) is 0.218. The maximum atomic E-state index is 12.6. The zero-order valence-corrected chi connectivity index (χ0v) is 23.0. The monoisotopic (exact) mass is 529 g/mol. The molecule has 2 fully saturated rings. The van der Waals surface area contributed by atoms with Gasteiger partial charge >= 0.3 is 5.97 Å². The van der Waals surface area contributed by atoms with E-state index in [1.807, 2.05) is 28.9 Å². The highest BCUT2D eigenvalue weighted by molar-refractivity contribution is 5.91. The summed E-state index contributed by atoms with van der Waals surface area (Å²) in [6.45, 7) is 2.19. The van der Waals surface area contributed by atoms with E-state index in [0.29, 0.717) is 17.2 Å². The Morgan fingerprint density at radius 1 is 1.13 bits per heavy atom. The molecule has 2 aliphatic rings. The molecule has 8 heteroatoms. The van der Waals surface area contributed by atoms with Crippen molar-refractivity contribution in [2.45, 2.75) is 57.5 Å². The van der Waals surface area contributed by atoms with Gasteiger partial charge in [-0.15, -0.1) is 0 Å². The molecule has 1 aromatic heterocycles. The first-order valence-corrected chi connectivity index (χ1v) is 13.8. The Balaban J connectivity index is 1.43. The number of allylic oxidation sites excluding steroid dienone is 1. The number of hydrazine groups is 1. The number of esters is 1. The molecule has 0 radical (unpaired) electrons. The minimum atomic E-state index is -0.409. The fourth-order valence-electron chi connectivity index (χ4n) is 5.86. The molecule has 2 aromatic carbocycles. The van der Waals surface area contributed by atoms with Crippen molar-refractivity contribution in [2.75, 3.05) is 14.2 Å². The molecule has 8 nitrogen and oxygen atoms in total. The van der Waals surface area contributed by atoms with Crippen LogP contribution in [0.3, 0.4) is 0 Å². The largest absolute Gasteiger partial charge is 0.490 e. The molecule has 2 aliphatic carbocycles. The third-order valence-corrected chi connectivity index (χ3v) is 8.03. The van der Waals surface area contributed by atoms with Crippen molar-refractivity contribution in [2.24, 2.45) is 23.4 Å². The average Bonchev–Trinajstić information content (AvgIpc) is 3.63. The molecular weight excluding hydrogens is 490 g/mol. The van der Waals surface area contributed by atoms with Gasteiger partial charge in [-0.05, 0) is 67.5 Å². The number of hydrogen-bond donors (Lipinski definition) is 2. The van der Waals surface area contributed by atoms with Crippen LogP contribution in [0.4, 0.5) is 0 Å². The first-order valence-electron chi connectivity index (χ1n) is 13.8. The molecular formula is C31H39N5O3. The predicted octanol–water partition coefficient (Wildman–Crippen LogP) is 5.38. The highest BCUT2D eigenvalue weighted by Gasteiger charge is 2.45. The Kier molecular flexibility index (Phi) is 7.93. The summed E-state index contributed by atoms with van der Waals surface area (Å²) in [4.78, 5) is 12.6. The van der Waals surface area contributed by atoms with Crippen molar-refractivity contribution in [3.05, 3.63) is 77.9 Å². The lowest BCUT2D eigenvalue weighted by atomic mass is 9.86. The van der Waals surface area contributed by atoms with Gasteiger partial charge in [-0.2, -0.15) is 5.10 Å². The van der Waals surface area contributed by atoms with E-state index >= 15 is 0 Å². The van der Waals surface area contributed by atoms with Crippen molar-refractivity contribution < 1.29 is 14.3 Å². The van der Waals surface area contributed by atoms with Crippen LogP contribution < -0.4 is 16.3 Å². The molecule has 5 rings (SSSR count). The summed E-state index contributed by atoms with van der Waals surface area (Å²) in [5, 5.41) is 6.06. The standard InChI is InChI=1S/C31H39N5O3/c1-20(21-9-5-4-6-10-21)39-25-14-8-12-23(16-25)22-11-7-13-24(15-22)36-30(28(18-34-36)31(37)38-3)27-17-26(27)29(32)19-35(2)33/h7-8,11-16,18-21,26-27H,4-6,9-10,17,32-33H2,1-3H3/b29-19-/t20?,26?,27-/m1/s1. The summed E-state index contributed by atoms with van der Waals surface area (Å²) >= 11 is 0. The van der Waals surface area contributed by atoms with E-state index in [9.17, 15) is 4.79 Å². The Labute approximate surface area is 230 Å². The average molecular weight is 530 g/mol. The van der Waals surface area contributed by atoms with Crippen LogP contribution in [0.25, 0.3) is 16.8 Å². The van der Waals surface area contributed by atoms with Gasteiger partial charge in [0.1, 0.15) is 11.3 Å². The number of methoxy groups -OCH3 is 1. The highest BCUT2D eigenvalue weighted by atomic mass is 16.5. The van der Waals surface area contributed by atoms with Crippen molar-refractivity contribution >= 4 is 5.97 Å². The third kappa shape index (κ3) is 5.96. The zero-order valence-electron chi connectivity index (χ0n) is 23.0. The number of rotatable bonds is 9. The lowest BCUT2D eigenvalue weighted by Crippen LogP contribution is -2.25. The van der Waals surface area contributed by atoms with E-state index in [-0.39, 0.29) is 17.9 Å². The number of ether oxygens (including phenoxy) is 2. The molecule has 0 aliphatic heterocycles. The SMILES string of the molecule is COC(=O)c1cnn(-c2cccc(-c3cccc(OC(C)C4CCCCC4)c3)c2)c1[C@@H]1CC1/C(N)=C/N(C)N. The number of benzene rings is 2. The summed E-state index contributed by atoms with van der Waals surface area (Å²) in [5.74, 6) is 6.99. The predicted molar refractivity (Wildman–Crippen MR) is 152 cm³/mol. The van der Waals surface area contributed by atoms with Crippen molar-refractivity contribution in [3.63, 3.8) is 0 Å². The number of carbonyl (C=O) groups excluding carboxylic acids is 1. The van der Waals surface area contributed by atoms with Gasteiger partial charge in [0.05, 0.1) is 30.8 Å². The molecule has 1 heterocycles. The van der Waals surface area contributed by atoms with Crippen molar-refractivity contribution in [3.8, 4) is 22.6 Å². The van der Waals surface area contributed by atoms with E-state index in [1.165, 1.54) is 44.2 Å². The molecule has 0 spiro atoms. The van der Waals surface area contributed by atoms with Gasteiger partial charge in [0, 0.05) is 30.8 Å². The van der Waals surface area contributed by atoms with Crippen LogP contribution in [-0.2, 0) is 4.74 Å². The van der Waals surface area contributed by atoms with Gasteiger partial charge in [0.25, 0.3) is 0 Å². The van der Waals surface area contributed by atoms with Gasteiger partial charge in [0.15, 0.2) is 0 Å². The minimum absolute atomic E-state index is 0.0412. The van der Waals surface area contributed by atoms with Crippen LogP contribution in [0, 0.1) is 11.8 Å². The highest BCUT2D eigenvalue weighted by Crippen LogP contribution is 2.52. The summed E-state index contributed by atoms with van der Waals surface area (Å²) in [7, 11) is 3.12. The van der Waals surface area contributed by atoms with Crippen LogP contribution in [0.2, 0.25) is 0 Å². The second-order valence-electron chi connectivity index (χ2n) is 10.9. The van der Waals surface area contributed by atoms with Crippen LogP contribution >= 0.6 is 0 Å². The van der Waals surface area contributed by atoms with Crippen LogP contribution in [0.15, 0.2) is 66.6 Å². The smallest absolute Gasteiger partial charge is 0.341 e. The van der Waals surface area contributed by atoms with Gasteiger partial charge in [0.2, 0.25) is 0 Å². The second kappa shape index (κ2) is 11.5. The van der Waals surface area contributed by atoms with E-state index in [2.05, 4.69) is 36.3 Å². The molecule has 3 aromatic rings. The number of nitrogens with zero attached hydrogens (tertiary/aromatic N) is 3. The van der Waals surface area contributed by atoms with E-state index in [4.69, 9.17) is 21.1 Å². The Hall–Kier alpha value is -3.78. The first kappa shape index (κ1) is 26.8. The lowest BCUT2D eigenvalue weighted by molar-refractivity contribution is 0.0599. The summed E-state index contributed by atoms with van der Waals surface area (Å²) in [6, 6.07) is 16.4. The molecule has 2 saturated carbocycles. The lowest BCUT2D eigenvalue weighted by Gasteiger charge is -2.28. The molecule has 206 valence electrons. The van der Waals surface area contributed by atoms with Crippen LogP contribution in [0.5, 0.6) is 5.75 Å². The van der Waals surface area contributed by atoms with Crippen molar-refractivity contribution in [1.29, 1.82) is 0 Å². The van der Waals surface area contributed by atoms with Crippen LogP contribution in [-0.4, -0.2) is 41.0 Å². The number of hydrogen-bond acceptors (Lipinski definition) is 7. The third-order valence-electron chi connectivity index (χ3n) is 8.03. The Bertz CT molecular complexity index is 1340. The molecule has 0 saturated heterocycles. The molecule has 4 N–H and O–H groups in total. The second-order valence-corrected chi connectivity index (χ2v) is 10.9. The zero-order chi connectivity index (χ0) is 27.5. The number of nitrogens with two attached hydrogens (primary N) is 2. The Morgan fingerprint density at radius 2 is 1.85 bits per heavy atom. The van der Waals surface area contributed by atoms with Gasteiger partial charge in [-0.1, -0.05) is 43.5 Å². The van der Waals surface area contributed by atoms with Gasteiger partial charge in [-0.25, -0.2) is 15.3 Å². The summed E-state index contributed by atoms with van der Waals surface area (Å²) in [6.07, 6.45) is 10.7. The molecule has 2 unspecified atom stereocenters. The minimum Gasteiger partial charge on any atom is -0.490 e. The van der Waals surface area contributed by atoms with E-state index in [0.717, 1.165) is 34.7 Å². The summed E-state index contributed by atoms with van der Waals surface area (Å²) < 4.78 is 13.3. The maximum absolute atomic E-state index is 12.6. The fourth-order valence-corrected chi connectivity index (χ4v) is 5.86. The van der Waals surface area contributed by atoms with Crippen LogP contribution in [0.1, 0.15) is 67.4 Å². The number of carbonyl (C=O) groups is 1. The van der Waals surface area contributed by atoms with Gasteiger partial charge < -0.3 is 20.2 Å². The number of aromatic nitrogens is 2. The van der Waals surface area contributed by atoms with E-state index < -0.39 is 5.97 Å². The molecule has 0 bridgehead atoms. The van der Waals surface area contributed by atoms with Gasteiger partial charge in [-0.3, -0.25) is 0 Å². The normalized spacial score (nSPS) is 20.4. The van der Waals surface area contributed by atoms with Crippen molar-refractivity contribution in [1.82, 2.24) is 14.8 Å².